The van der Waals surface area contributed by atoms with Crippen LogP contribution in [0, 0.1) is 11.8 Å². The van der Waals surface area contributed by atoms with Crippen LogP contribution < -0.4 is 0 Å². The molecule has 6 nitrogen and oxygen atoms in total. The van der Waals surface area contributed by atoms with E-state index in [1.807, 2.05) is 0 Å². The lowest BCUT2D eigenvalue weighted by molar-refractivity contribution is -0.161. The summed E-state index contributed by atoms with van der Waals surface area (Å²) in [6.07, 6.45) is 1.42. The van der Waals surface area contributed by atoms with Crippen LogP contribution in [-0.2, 0) is 23.9 Å². The third kappa shape index (κ3) is 4.07. The van der Waals surface area contributed by atoms with Gasteiger partial charge < -0.3 is 14.3 Å². The molecule has 0 aromatic heterocycles. The molecule has 1 saturated heterocycles. The van der Waals surface area contributed by atoms with E-state index >= 15 is 0 Å². The molecule has 0 aromatic rings. The van der Waals surface area contributed by atoms with Crippen LogP contribution in [0.15, 0.2) is 0 Å². The number of hydrogen-bond acceptors (Lipinski definition) is 5. The molecular formula is C13H17NO5. The normalized spacial score (nSPS) is 20.2. The van der Waals surface area contributed by atoms with Crippen LogP contribution in [-0.4, -0.2) is 49.0 Å². The number of esters is 1. The Morgan fingerprint density at radius 3 is 2.95 bits per heavy atom. The molecule has 1 rings (SSSR count). The molecule has 2 atom stereocenters. The molecule has 1 heterocycles. The number of hydrogen-bond donors (Lipinski definition) is 0. The van der Waals surface area contributed by atoms with E-state index in [2.05, 4.69) is 16.6 Å². The molecule has 0 aliphatic carbocycles. The van der Waals surface area contributed by atoms with Crippen LogP contribution in [0.4, 0.5) is 0 Å². The van der Waals surface area contributed by atoms with Crippen molar-refractivity contribution in [3.8, 4) is 11.8 Å². The van der Waals surface area contributed by atoms with Crippen molar-refractivity contribution in [3.63, 3.8) is 0 Å². The van der Waals surface area contributed by atoms with Crippen LogP contribution in [0.1, 0.15) is 26.2 Å². The van der Waals surface area contributed by atoms with E-state index in [4.69, 9.17) is 4.74 Å². The summed E-state index contributed by atoms with van der Waals surface area (Å²) in [6, 6.07) is -0.551. The van der Waals surface area contributed by atoms with E-state index in [1.165, 1.54) is 12.0 Å². The third-order valence-electron chi connectivity index (χ3n) is 2.80. The molecule has 1 aliphatic heterocycles. The Hall–Kier alpha value is -1.87. The monoisotopic (exact) mass is 267 g/mol. The quantitative estimate of drug-likeness (QED) is 0.401. The summed E-state index contributed by atoms with van der Waals surface area (Å²) >= 11 is 0. The van der Waals surface area contributed by atoms with Crippen molar-refractivity contribution in [2.45, 2.75) is 38.5 Å². The topological polar surface area (TPSA) is 72.9 Å². The molecule has 1 fully saturated rings. The number of piperidine rings is 1. The maximum atomic E-state index is 11.9. The summed E-state index contributed by atoms with van der Waals surface area (Å²) in [4.78, 5) is 35.3. The van der Waals surface area contributed by atoms with Gasteiger partial charge in [0.2, 0.25) is 5.91 Å². The van der Waals surface area contributed by atoms with E-state index in [9.17, 15) is 14.4 Å². The van der Waals surface area contributed by atoms with Gasteiger partial charge in [0.25, 0.3) is 0 Å². The van der Waals surface area contributed by atoms with Crippen molar-refractivity contribution in [1.82, 2.24) is 4.90 Å². The first-order valence-corrected chi connectivity index (χ1v) is 6.01. The van der Waals surface area contributed by atoms with Gasteiger partial charge in [-0.05, 0) is 25.7 Å². The standard InChI is InChI=1S/C13H17NO5/c1-3-5-12(19-9-13(17)18-2)14-10(8-15)6-4-7-11(14)16/h8,10,12H,4,6-7,9H2,1-2H3. The van der Waals surface area contributed by atoms with Gasteiger partial charge >= 0.3 is 5.97 Å². The third-order valence-corrected chi connectivity index (χ3v) is 2.80. The molecule has 2 unspecified atom stereocenters. The van der Waals surface area contributed by atoms with Gasteiger partial charge in [-0.1, -0.05) is 0 Å². The second kappa shape index (κ2) is 7.54. The first-order valence-electron chi connectivity index (χ1n) is 6.01. The Morgan fingerprint density at radius 1 is 1.63 bits per heavy atom. The van der Waals surface area contributed by atoms with Crippen molar-refractivity contribution < 1.29 is 23.9 Å². The molecule has 1 amide bonds. The average Bonchev–Trinajstić information content (AvgIpc) is 2.43. The van der Waals surface area contributed by atoms with Crippen molar-refractivity contribution in [3.05, 3.63) is 0 Å². The van der Waals surface area contributed by atoms with E-state index in [0.29, 0.717) is 25.5 Å². The second-order valence-electron chi connectivity index (χ2n) is 4.03. The molecule has 0 bridgehead atoms. The molecule has 0 aromatic carbocycles. The van der Waals surface area contributed by atoms with Gasteiger partial charge in [-0.2, -0.15) is 0 Å². The van der Waals surface area contributed by atoms with Crippen LogP contribution in [0.2, 0.25) is 0 Å². The molecular weight excluding hydrogens is 250 g/mol. The van der Waals surface area contributed by atoms with E-state index in [-0.39, 0.29) is 12.5 Å². The smallest absolute Gasteiger partial charge is 0.331 e. The van der Waals surface area contributed by atoms with Gasteiger partial charge in [-0.25, -0.2) is 4.79 Å². The van der Waals surface area contributed by atoms with Gasteiger partial charge in [-0.15, -0.1) is 5.92 Å². The minimum atomic E-state index is -0.896. The van der Waals surface area contributed by atoms with Crippen molar-refractivity contribution in [2.24, 2.45) is 0 Å². The summed E-state index contributed by atoms with van der Waals surface area (Å²) in [7, 11) is 1.24. The van der Waals surface area contributed by atoms with Gasteiger partial charge in [0.05, 0.1) is 13.2 Å². The number of methoxy groups -OCH3 is 1. The number of likely N-dealkylation sites (tertiary alicyclic amines) is 1. The fraction of sp³-hybridized carbons (Fsp3) is 0.615. The summed E-state index contributed by atoms with van der Waals surface area (Å²) < 4.78 is 9.74. The SMILES string of the molecule is CC#CC(OCC(=O)OC)N1C(=O)CCCC1C=O. The maximum absolute atomic E-state index is 11.9. The number of rotatable bonds is 5. The predicted octanol–water partition coefficient (Wildman–Crippen LogP) is 0.105. The molecule has 19 heavy (non-hydrogen) atoms. The Kier molecular flexibility index (Phi) is 6.03. The predicted molar refractivity (Wildman–Crippen MR) is 65.8 cm³/mol. The van der Waals surface area contributed by atoms with Gasteiger partial charge in [0.15, 0.2) is 6.23 Å². The number of nitrogens with zero attached hydrogens (tertiary/aromatic N) is 1. The lowest BCUT2D eigenvalue weighted by Gasteiger charge is -2.35. The number of carbonyl (C=O) groups is 3. The molecule has 104 valence electrons. The molecule has 6 heteroatoms. The number of carbonyl (C=O) groups excluding carboxylic acids is 3. The average molecular weight is 267 g/mol. The van der Waals surface area contributed by atoms with Crippen LogP contribution >= 0.6 is 0 Å². The highest BCUT2D eigenvalue weighted by Crippen LogP contribution is 2.20. The van der Waals surface area contributed by atoms with Gasteiger partial charge in [0.1, 0.15) is 12.9 Å². The molecule has 0 spiro atoms. The van der Waals surface area contributed by atoms with E-state index in [0.717, 1.165) is 0 Å². The Balaban J connectivity index is 2.81. The Labute approximate surface area is 112 Å². The van der Waals surface area contributed by atoms with Gasteiger partial charge in [-0.3, -0.25) is 9.69 Å². The second-order valence-corrected chi connectivity index (χ2v) is 4.03. The van der Waals surface area contributed by atoms with Crippen molar-refractivity contribution >= 4 is 18.2 Å². The molecule has 0 saturated carbocycles. The number of amides is 1. The van der Waals surface area contributed by atoms with Crippen molar-refractivity contribution in [2.75, 3.05) is 13.7 Å². The summed E-state index contributed by atoms with van der Waals surface area (Å²) in [5.41, 5.74) is 0. The molecule has 1 aliphatic rings. The number of ether oxygens (including phenoxy) is 2. The van der Waals surface area contributed by atoms with Crippen LogP contribution in [0.3, 0.4) is 0 Å². The lowest BCUT2D eigenvalue weighted by atomic mass is 10.0. The first kappa shape index (κ1) is 15.2. The zero-order valence-electron chi connectivity index (χ0n) is 11.0. The minimum Gasteiger partial charge on any atom is -0.467 e. The molecule has 0 N–H and O–H groups in total. The highest BCUT2D eigenvalue weighted by atomic mass is 16.6. The summed E-state index contributed by atoms with van der Waals surface area (Å²) in [5.74, 6) is 4.57. The summed E-state index contributed by atoms with van der Waals surface area (Å²) in [6.45, 7) is 1.28. The highest BCUT2D eigenvalue weighted by molar-refractivity contribution is 5.81. The first-order chi connectivity index (χ1) is 9.13. The maximum Gasteiger partial charge on any atom is 0.331 e. The lowest BCUT2D eigenvalue weighted by Crippen LogP contribution is -2.51. The molecule has 0 radical (unpaired) electrons. The zero-order valence-corrected chi connectivity index (χ0v) is 11.0. The summed E-state index contributed by atoms with van der Waals surface area (Å²) in [5, 5.41) is 0. The van der Waals surface area contributed by atoms with Crippen LogP contribution in [0.5, 0.6) is 0 Å². The largest absolute Gasteiger partial charge is 0.467 e. The number of aldehydes is 1. The van der Waals surface area contributed by atoms with Crippen LogP contribution in [0.25, 0.3) is 0 Å². The zero-order chi connectivity index (χ0) is 14.3. The fourth-order valence-corrected chi connectivity index (χ4v) is 1.87. The van der Waals surface area contributed by atoms with Crippen molar-refractivity contribution in [1.29, 1.82) is 0 Å². The van der Waals surface area contributed by atoms with E-state index < -0.39 is 18.2 Å². The minimum absolute atomic E-state index is 0.194. The Morgan fingerprint density at radius 2 is 2.37 bits per heavy atom. The Bertz CT molecular complexity index is 409. The van der Waals surface area contributed by atoms with E-state index in [1.54, 1.807) is 6.92 Å². The fourth-order valence-electron chi connectivity index (χ4n) is 1.87. The highest BCUT2D eigenvalue weighted by Gasteiger charge is 2.33. The van der Waals surface area contributed by atoms with Gasteiger partial charge in [0, 0.05) is 6.42 Å².